The van der Waals surface area contributed by atoms with Crippen molar-refractivity contribution in [2.75, 3.05) is 18.5 Å². The number of amides is 1. The Balaban J connectivity index is 0.000000309. The number of carbonyl (C=O) groups excluding carboxylic acids is 1. The van der Waals surface area contributed by atoms with Crippen LogP contribution in [0.4, 0.5) is 5.13 Å². The van der Waals surface area contributed by atoms with Crippen LogP contribution in [0.1, 0.15) is 56.5 Å². The van der Waals surface area contributed by atoms with Crippen LogP contribution in [0, 0.1) is 5.92 Å². The van der Waals surface area contributed by atoms with Crippen molar-refractivity contribution in [3.8, 4) is 11.3 Å². The highest BCUT2D eigenvalue weighted by Gasteiger charge is 2.15. The largest absolute Gasteiger partial charge is 0.381 e. The van der Waals surface area contributed by atoms with Gasteiger partial charge in [-0.25, -0.2) is 9.97 Å². The van der Waals surface area contributed by atoms with Gasteiger partial charge < -0.3 is 9.14 Å². The summed E-state index contributed by atoms with van der Waals surface area (Å²) in [7, 11) is 0. The number of pyridine rings is 1. The number of benzene rings is 1. The smallest absolute Gasteiger partial charge is 0.261 e. The predicted molar refractivity (Wildman–Crippen MR) is 141 cm³/mol. The summed E-state index contributed by atoms with van der Waals surface area (Å²) in [6, 6.07) is 11.9. The van der Waals surface area contributed by atoms with Crippen LogP contribution in [-0.2, 0) is 11.2 Å². The number of aromatic nitrogens is 3. The van der Waals surface area contributed by atoms with Crippen molar-refractivity contribution in [1.82, 2.24) is 14.4 Å². The summed E-state index contributed by atoms with van der Waals surface area (Å²) in [4.78, 5) is 21.4. The number of hydrogen-bond acceptors (Lipinski definition) is 5. The number of fused-ring (bicyclic) bond motifs is 1. The molecule has 1 N–H and O–H groups in total. The average molecular weight is 479 g/mol. The molecule has 4 aromatic rings. The van der Waals surface area contributed by atoms with Gasteiger partial charge in [-0.05, 0) is 48.9 Å². The van der Waals surface area contributed by atoms with Crippen LogP contribution >= 0.6 is 11.3 Å². The standard InChI is InChI=1S/C19H16N4OS.C8H18O/c1-2-13-5-3-6-14(11-13)16-12-23-9-4-7-15(17(23)21-16)18(24)22-19-20-8-10-25-19;1-4-6-9-7-5-8(2)3/h3-12H,2H2,1H3,(H,20,22,24);8H,4-7H2,1-3H3. The lowest BCUT2D eigenvalue weighted by Crippen LogP contribution is -2.13. The SMILES string of the molecule is CCCOCCC(C)C.CCc1cccc(-c2cn3cccc(C(=O)Nc4nccs4)c3n2)c1. The van der Waals surface area contributed by atoms with E-state index in [9.17, 15) is 4.79 Å². The van der Waals surface area contributed by atoms with Gasteiger partial charge in [0.2, 0.25) is 0 Å². The molecule has 0 unspecified atom stereocenters. The van der Waals surface area contributed by atoms with Crippen LogP contribution in [-0.4, -0.2) is 33.5 Å². The van der Waals surface area contributed by atoms with Gasteiger partial charge in [0, 0.05) is 42.7 Å². The van der Waals surface area contributed by atoms with Crippen molar-refractivity contribution in [1.29, 1.82) is 0 Å². The van der Waals surface area contributed by atoms with Gasteiger partial charge in [0.1, 0.15) is 5.65 Å². The molecule has 4 rings (SSSR count). The van der Waals surface area contributed by atoms with E-state index < -0.39 is 0 Å². The molecule has 3 heterocycles. The molecule has 0 radical (unpaired) electrons. The number of rotatable bonds is 9. The Morgan fingerprint density at radius 1 is 1.18 bits per heavy atom. The van der Waals surface area contributed by atoms with Crippen LogP contribution in [0.3, 0.4) is 0 Å². The average Bonchev–Trinajstić information content (AvgIpc) is 3.52. The molecule has 0 aliphatic heterocycles. The van der Waals surface area contributed by atoms with Crippen molar-refractivity contribution in [2.24, 2.45) is 5.92 Å². The lowest BCUT2D eigenvalue weighted by Gasteiger charge is -2.03. The molecule has 1 aromatic carbocycles. The second kappa shape index (κ2) is 13.0. The van der Waals surface area contributed by atoms with E-state index in [4.69, 9.17) is 9.72 Å². The lowest BCUT2D eigenvalue weighted by molar-refractivity contribution is 0.102. The Hall–Kier alpha value is -3.03. The lowest BCUT2D eigenvalue weighted by atomic mass is 10.1. The molecule has 3 aromatic heterocycles. The molecule has 180 valence electrons. The van der Waals surface area contributed by atoms with Gasteiger partial charge >= 0.3 is 0 Å². The molecule has 0 saturated heterocycles. The molecular formula is C27H34N4O2S. The second-order valence-corrected chi connectivity index (χ2v) is 9.31. The normalized spacial score (nSPS) is 10.9. The Morgan fingerprint density at radius 2 is 2.03 bits per heavy atom. The quantitative estimate of drug-likeness (QED) is 0.271. The molecule has 34 heavy (non-hydrogen) atoms. The summed E-state index contributed by atoms with van der Waals surface area (Å²) in [5.74, 6) is 0.571. The molecule has 1 amide bonds. The van der Waals surface area contributed by atoms with Gasteiger partial charge in [-0.3, -0.25) is 10.1 Å². The fourth-order valence-electron chi connectivity index (χ4n) is 3.29. The molecule has 0 fully saturated rings. The number of aryl methyl sites for hydroxylation is 1. The molecule has 0 aliphatic rings. The number of nitrogens with zero attached hydrogens (tertiary/aromatic N) is 3. The first-order valence-electron chi connectivity index (χ1n) is 11.9. The van der Waals surface area contributed by atoms with Gasteiger partial charge in [-0.1, -0.05) is 45.9 Å². The number of hydrogen-bond donors (Lipinski definition) is 1. The minimum atomic E-state index is -0.208. The maximum atomic E-state index is 12.6. The van der Waals surface area contributed by atoms with Gasteiger partial charge in [0.15, 0.2) is 5.13 Å². The summed E-state index contributed by atoms with van der Waals surface area (Å²) < 4.78 is 7.17. The predicted octanol–water partition coefficient (Wildman–Crippen LogP) is 6.73. The van der Waals surface area contributed by atoms with Gasteiger partial charge in [0.05, 0.1) is 11.3 Å². The van der Waals surface area contributed by atoms with Crippen LogP contribution in [0.2, 0.25) is 0 Å². The van der Waals surface area contributed by atoms with E-state index in [2.05, 4.69) is 50.1 Å². The summed E-state index contributed by atoms with van der Waals surface area (Å²) in [5.41, 5.74) is 4.32. The number of thiazole rings is 1. The zero-order chi connectivity index (χ0) is 24.3. The fourth-order valence-corrected chi connectivity index (χ4v) is 3.82. The second-order valence-electron chi connectivity index (χ2n) is 8.42. The van der Waals surface area contributed by atoms with E-state index >= 15 is 0 Å². The van der Waals surface area contributed by atoms with Crippen molar-refractivity contribution in [2.45, 2.75) is 47.0 Å². The van der Waals surface area contributed by atoms with Crippen molar-refractivity contribution >= 4 is 28.0 Å². The molecule has 7 heteroatoms. The minimum absolute atomic E-state index is 0.208. The number of imidazole rings is 1. The molecule has 6 nitrogen and oxygen atoms in total. The van der Waals surface area contributed by atoms with Gasteiger partial charge in [-0.2, -0.15) is 0 Å². The van der Waals surface area contributed by atoms with Crippen LogP contribution in [0.15, 0.2) is 60.4 Å². The van der Waals surface area contributed by atoms with E-state index in [1.54, 1.807) is 12.3 Å². The Kier molecular flexibility index (Phi) is 9.79. The molecule has 0 atom stereocenters. The minimum Gasteiger partial charge on any atom is -0.381 e. The highest BCUT2D eigenvalue weighted by Crippen LogP contribution is 2.23. The summed E-state index contributed by atoms with van der Waals surface area (Å²) in [6.45, 7) is 10.6. The summed E-state index contributed by atoms with van der Waals surface area (Å²) >= 11 is 1.39. The Morgan fingerprint density at radius 3 is 2.74 bits per heavy atom. The van der Waals surface area contributed by atoms with E-state index in [1.165, 1.54) is 23.3 Å². The molecular weight excluding hydrogens is 444 g/mol. The van der Waals surface area contributed by atoms with Crippen molar-refractivity contribution < 1.29 is 9.53 Å². The maximum absolute atomic E-state index is 12.6. The number of ether oxygens (including phenoxy) is 1. The maximum Gasteiger partial charge on any atom is 0.261 e. The highest BCUT2D eigenvalue weighted by atomic mass is 32.1. The molecule has 0 spiro atoms. The Bertz CT molecular complexity index is 1170. The number of nitrogens with one attached hydrogen (secondary N) is 1. The van der Waals surface area contributed by atoms with Crippen molar-refractivity contribution in [3.63, 3.8) is 0 Å². The van der Waals surface area contributed by atoms with Crippen LogP contribution in [0.25, 0.3) is 16.9 Å². The monoisotopic (exact) mass is 478 g/mol. The number of carbonyl (C=O) groups is 1. The van der Waals surface area contributed by atoms with Crippen LogP contribution in [0.5, 0.6) is 0 Å². The summed E-state index contributed by atoms with van der Waals surface area (Å²) in [5, 5.41) is 5.21. The first-order chi connectivity index (χ1) is 16.5. The summed E-state index contributed by atoms with van der Waals surface area (Å²) in [6.07, 6.45) is 8.82. The van der Waals surface area contributed by atoms with E-state index in [-0.39, 0.29) is 5.91 Å². The highest BCUT2D eigenvalue weighted by molar-refractivity contribution is 7.13. The fraction of sp³-hybridized carbons (Fsp3) is 0.370. The third-order valence-corrected chi connectivity index (χ3v) is 5.89. The first-order valence-corrected chi connectivity index (χ1v) is 12.7. The zero-order valence-corrected chi connectivity index (χ0v) is 21.3. The van der Waals surface area contributed by atoms with Gasteiger partial charge in [0.25, 0.3) is 5.91 Å². The zero-order valence-electron chi connectivity index (χ0n) is 20.5. The first kappa shape index (κ1) is 25.6. The molecule has 0 saturated carbocycles. The van der Waals surface area contributed by atoms with Crippen molar-refractivity contribution in [3.05, 3.63) is 71.5 Å². The van der Waals surface area contributed by atoms with E-state index in [0.717, 1.165) is 43.2 Å². The third-order valence-electron chi connectivity index (χ3n) is 5.20. The molecule has 0 bridgehead atoms. The van der Waals surface area contributed by atoms with Gasteiger partial charge in [-0.15, -0.1) is 11.3 Å². The number of anilines is 1. The van der Waals surface area contributed by atoms with E-state index in [1.807, 2.05) is 40.4 Å². The molecule has 0 aliphatic carbocycles. The topological polar surface area (TPSA) is 68.5 Å². The van der Waals surface area contributed by atoms with E-state index in [0.29, 0.717) is 16.3 Å². The third kappa shape index (κ3) is 7.23. The van der Waals surface area contributed by atoms with Crippen LogP contribution < -0.4 is 5.32 Å². The Labute approximate surface area is 206 Å².